The van der Waals surface area contributed by atoms with Gasteiger partial charge in [-0.25, -0.2) is 4.79 Å². The van der Waals surface area contributed by atoms with Crippen LogP contribution in [0.2, 0.25) is 0 Å². The minimum absolute atomic E-state index is 0.0767. The van der Waals surface area contributed by atoms with Crippen LogP contribution in [-0.2, 0) is 0 Å². The van der Waals surface area contributed by atoms with Crippen molar-refractivity contribution >= 4 is 12.0 Å². The highest BCUT2D eigenvalue weighted by molar-refractivity contribution is 5.87. The van der Waals surface area contributed by atoms with Crippen LogP contribution in [0.15, 0.2) is 0 Å². The zero-order valence-electron chi connectivity index (χ0n) is 7.64. The molecule has 3 N–H and O–H groups in total. The van der Waals surface area contributed by atoms with Gasteiger partial charge in [0.1, 0.15) is 12.4 Å². The minimum Gasteiger partial charge on any atom is -0.329 e. The van der Waals surface area contributed by atoms with Gasteiger partial charge >= 0.3 is 12.2 Å². The first kappa shape index (κ1) is 11.3. The van der Waals surface area contributed by atoms with Gasteiger partial charge in [-0.2, -0.15) is 18.2 Å². The fourth-order valence-electron chi connectivity index (χ4n) is 0.725. The third-order valence-corrected chi connectivity index (χ3v) is 1.27. The summed E-state index contributed by atoms with van der Waals surface area (Å²) in [6.07, 6.45) is -4.44. The van der Waals surface area contributed by atoms with Gasteiger partial charge in [-0.1, -0.05) is 0 Å². The molecule has 0 aliphatic rings. The normalized spacial score (nSPS) is 11.2. The second-order valence-electron chi connectivity index (χ2n) is 2.67. The number of nitrogens with one attached hydrogen (secondary N) is 3. The standard InChI is InChI=1S/C6H8F3N5O/c1-3-11-4(14-13-3)12-5(15)10-2-6(7,8)9/h2H2,1H3,(H3,10,11,12,13,14,15). The highest BCUT2D eigenvalue weighted by Gasteiger charge is 2.27. The third kappa shape index (κ3) is 4.29. The van der Waals surface area contributed by atoms with Crippen LogP contribution in [0.25, 0.3) is 0 Å². The monoisotopic (exact) mass is 223 g/mol. The molecule has 15 heavy (non-hydrogen) atoms. The second kappa shape index (κ2) is 4.15. The van der Waals surface area contributed by atoms with E-state index in [4.69, 9.17) is 0 Å². The lowest BCUT2D eigenvalue weighted by Crippen LogP contribution is -2.36. The number of H-pyrrole nitrogens is 1. The number of aromatic nitrogens is 3. The van der Waals surface area contributed by atoms with Crippen LogP contribution in [0.1, 0.15) is 5.82 Å². The number of aromatic amines is 1. The summed E-state index contributed by atoms with van der Waals surface area (Å²) >= 11 is 0. The molecular weight excluding hydrogens is 215 g/mol. The van der Waals surface area contributed by atoms with Gasteiger partial charge in [0.05, 0.1) is 0 Å². The number of amides is 2. The molecule has 0 unspecified atom stereocenters. The Morgan fingerprint density at radius 2 is 2.20 bits per heavy atom. The molecule has 0 aliphatic carbocycles. The van der Waals surface area contributed by atoms with Gasteiger partial charge in [0.2, 0.25) is 5.95 Å². The molecule has 0 bridgehead atoms. The number of hydrogen-bond donors (Lipinski definition) is 3. The number of aryl methyl sites for hydroxylation is 1. The van der Waals surface area contributed by atoms with Crippen LogP contribution in [0.3, 0.4) is 0 Å². The van der Waals surface area contributed by atoms with E-state index in [1.165, 1.54) is 0 Å². The molecule has 0 atom stereocenters. The molecule has 6 nitrogen and oxygen atoms in total. The molecule has 0 saturated carbocycles. The van der Waals surface area contributed by atoms with Crippen molar-refractivity contribution in [1.82, 2.24) is 20.5 Å². The highest BCUT2D eigenvalue weighted by atomic mass is 19.4. The Bertz CT molecular complexity index is 347. The van der Waals surface area contributed by atoms with Crippen LogP contribution in [-0.4, -0.2) is 33.9 Å². The highest BCUT2D eigenvalue weighted by Crippen LogP contribution is 2.12. The van der Waals surface area contributed by atoms with E-state index in [9.17, 15) is 18.0 Å². The lowest BCUT2D eigenvalue weighted by Gasteiger charge is -2.07. The SMILES string of the molecule is Cc1nc(NC(=O)NCC(F)(F)F)n[nH]1. The van der Waals surface area contributed by atoms with Gasteiger partial charge in [0, 0.05) is 0 Å². The van der Waals surface area contributed by atoms with Gasteiger partial charge in [0.15, 0.2) is 0 Å². The van der Waals surface area contributed by atoms with E-state index in [-0.39, 0.29) is 5.95 Å². The summed E-state index contributed by atoms with van der Waals surface area (Å²) < 4.78 is 35.0. The van der Waals surface area contributed by atoms with E-state index < -0.39 is 18.8 Å². The summed E-state index contributed by atoms with van der Waals surface area (Å²) in [7, 11) is 0. The van der Waals surface area contributed by atoms with Crippen LogP contribution >= 0.6 is 0 Å². The number of urea groups is 1. The Morgan fingerprint density at radius 3 is 2.67 bits per heavy atom. The number of carbonyl (C=O) groups excluding carboxylic acids is 1. The molecule has 1 heterocycles. The van der Waals surface area contributed by atoms with E-state index >= 15 is 0 Å². The molecule has 0 saturated heterocycles. The van der Waals surface area contributed by atoms with Crippen LogP contribution in [0, 0.1) is 6.92 Å². The fraction of sp³-hybridized carbons (Fsp3) is 0.500. The molecule has 1 aromatic heterocycles. The molecule has 2 amide bonds. The van der Waals surface area contributed by atoms with Gasteiger partial charge in [-0.3, -0.25) is 10.4 Å². The van der Waals surface area contributed by atoms with Gasteiger partial charge in [-0.05, 0) is 6.92 Å². The summed E-state index contributed by atoms with van der Waals surface area (Å²) in [4.78, 5) is 14.5. The average molecular weight is 223 g/mol. The summed E-state index contributed by atoms with van der Waals surface area (Å²) in [6, 6.07) is -1.01. The first-order chi connectivity index (χ1) is 6.87. The number of alkyl halides is 3. The fourth-order valence-corrected chi connectivity index (χ4v) is 0.725. The van der Waals surface area contributed by atoms with Crippen LogP contribution in [0.4, 0.5) is 23.9 Å². The molecular formula is C6H8F3N5O. The molecule has 0 fully saturated rings. The maximum atomic E-state index is 11.7. The molecule has 9 heteroatoms. The van der Waals surface area contributed by atoms with Crippen molar-refractivity contribution in [1.29, 1.82) is 0 Å². The maximum absolute atomic E-state index is 11.7. The van der Waals surface area contributed by atoms with E-state index in [0.29, 0.717) is 5.82 Å². The Kier molecular flexibility index (Phi) is 3.12. The van der Waals surface area contributed by atoms with Gasteiger partial charge in [-0.15, -0.1) is 5.10 Å². The van der Waals surface area contributed by atoms with Crippen molar-refractivity contribution in [2.45, 2.75) is 13.1 Å². The van der Waals surface area contributed by atoms with Crippen LogP contribution in [0.5, 0.6) is 0 Å². The summed E-state index contributed by atoms with van der Waals surface area (Å²) in [5.74, 6) is 0.369. The van der Waals surface area contributed by atoms with Crippen molar-refractivity contribution < 1.29 is 18.0 Å². The quantitative estimate of drug-likeness (QED) is 0.693. The first-order valence-electron chi connectivity index (χ1n) is 3.87. The minimum atomic E-state index is -4.44. The van der Waals surface area contributed by atoms with Crippen LogP contribution < -0.4 is 10.6 Å². The number of anilines is 1. The lowest BCUT2D eigenvalue weighted by atomic mass is 10.6. The molecule has 0 aliphatic heterocycles. The number of nitrogens with zero attached hydrogens (tertiary/aromatic N) is 2. The lowest BCUT2D eigenvalue weighted by molar-refractivity contribution is -0.122. The summed E-state index contributed by atoms with van der Waals surface area (Å²) in [6.45, 7) is 0.189. The number of carbonyl (C=O) groups is 1. The smallest absolute Gasteiger partial charge is 0.329 e. The van der Waals surface area contributed by atoms with E-state index in [0.717, 1.165) is 0 Å². The molecule has 0 aromatic carbocycles. The second-order valence-corrected chi connectivity index (χ2v) is 2.67. The Balaban J connectivity index is 2.37. The first-order valence-corrected chi connectivity index (χ1v) is 3.87. The number of rotatable bonds is 2. The predicted octanol–water partition coefficient (Wildman–Crippen LogP) is 0.797. The average Bonchev–Trinajstić information content (AvgIpc) is 2.47. The third-order valence-electron chi connectivity index (χ3n) is 1.27. The summed E-state index contributed by atoms with van der Waals surface area (Å²) in [5, 5.41) is 9.57. The molecule has 0 spiro atoms. The van der Waals surface area contributed by atoms with E-state index in [2.05, 4.69) is 15.2 Å². The molecule has 84 valence electrons. The molecule has 0 radical (unpaired) electrons. The van der Waals surface area contributed by atoms with Gasteiger partial charge in [0.25, 0.3) is 0 Å². The maximum Gasteiger partial charge on any atom is 0.405 e. The van der Waals surface area contributed by atoms with E-state index in [1.54, 1.807) is 12.2 Å². The number of halogens is 3. The largest absolute Gasteiger partial charge is 0.405 e. The Labute approximate surface area is 82.3 Å². The van der Waals surface area contributed by atoms with Crippen molar-refractivity contribution in [3.63, 3.8) is 0 Å². The van der Waals surface area contributed by atoms with Crippen molar-refractivity contribution in [3.05, 3.63) is 5.82 Å². The van der Waals surface area contributed by atoms with Crippen molar-refractivity contribution in [2.24, 2.45) is 0 Å². The number of hydrogen-bond acceptors (Lipinski definition) is 3. The topological polar surface area (TPSA) is 82.7 Å². The Morgan fingerprint density at radius 1 is 1.53 bits per heavy atom. The van der Waals surface area contributed by atoms with E-state index in [1.807, 2.05) is 5.32 Å². The molecule has 1 aromatic rings. The van der Waals surface area contributed by atoms with Crippen molar-refractivity contribution in [3.8, 4) is 0 Å². The van der Waals surface area contributed by atoms with Gasteiger partial charge < -0.3 is 5.32 Å². The Hall–Kier alpha value is -1.80. The zero-order chi connectivity index (χ0) is 11.5. The zero-order valence-corrected chi connectivity index (χ0v) is 7.64. The molecule has 1 rings (SSSR count). The summed E-state index contributed by atoms with van der Waals surface area (Å²) in [5.41, 5.74) is 0. The van der Waals surface area contributed by atoms with Crippen molar-refractivity contribution in [2.75, 3.05) is 11.9 Å². The predicted molar refractivity (Wildman–Crippen MR) is 44.2 cm³/mol.